The molecular weight excluding hydrogens is 357 g/mol. The predicted molar refractivity (Wildman–Crippen MR) is 84.8 cm³/mol. The molecule has 1 heterocycles. The zero-order valence-corrected chi connectivity index (χ0v) is 14.6. The van der Waals surface area contributed by atoms with E-state index in [0.29, 0.717) is 23.7 Å². The van der Waals surface area contributed by atoms with Crippen molar-refractivity contribution in [2.75, 3.05) is 20.2 Å². The molecule has 21 heavy (non-hydrogen) atoms. The minimum absolute atomic E-state index is 0.0205. The summed E-state index contributed by atoms with van der Waals surface area (Å²) >= 11 is 17.9. The molecule has 1 aromatic carbocycles. The highest BCUT2D eigenvalue weighted by Crippen LogP contribution is 2.32. The fourth-order valence-electron chi connectivity index (χ4n) is 2.24. The highest BCUT2D eigenvalue weighted by atomic mass is 35.5. The van der Waals surface area contributed by atoms with Gasteiger partial charge in [0, 0.05) is 31.1 Å². The molecule has 1 unspecified atom stereocenters. The van der Waals surface area contributed by atoms with Gasteiger partial charge in [-0.15, -0.1) is 11.6 Å². The van der Waals surface area contributed by atoms with Gasteiger partial charge in [-0.1, -0.05) is 23.2 Å². The lowest BCUT2D eigenvalue weighted by atomic mass is 10.2. The lowest BCUT2D eigenvalue weighted by Gasteiger charge is -2.21. The van der Waals surface area contributed by atoms with Crippen molar-refractivity contribution in [3.8, 4) is 0 Å². The maximum atomic E-state index is 12.6. The molecule has 8 heteroatoms. The number of sulfonamides is 1. The van der Waals surface area contributed by atoms with Gasteiger partial charge in [-0.3, -0.25) is 0 Å². The average molecular weight is 373 g/mol. The molecule has 0 N–H and O–H groups in total. The normalized spacial score (nSPS) is 19.4. The largest absolute Gasteiger partial charge is 0.377 e. The number of ether oxygens (including phenoxy) is 1. The number of benzene rings is 1. The van der Waals surface area contributed by atoms with Crippen LogP contribution in [0.5, 0.6) is 0 Å². The fraction of sp³-hybridized carbons (Fsp3) is 0.538. The Balaban J connectivity index is 2.32. The van der Waals surface area contributed by atoms with Gasteiger partial charge in [0.15, 0.2) is 0 Å². The molecule has 1 aliphatic rings. The lowest BCUT2D eigenvalue weighted by Crippen LogP contribution is -2.34. The van der Waals surface area contributed by atoms with Gasteiger partial charge in [-0.25, -0.2) is 8.42 Å². The molecule has 0 saturated carbocycles. The maximum Gasteiger partial charge on any atom is 0.244 e. The van der Waals surface area contributed by atoms with Crippen molar-refractivity contribution in [2.45, 2.75) is 29.7 Å². The third kappa shape index (κ3) is 3.84. The topological polar surface area (TPSA) is 46.6 Å². The second-order valence-electron chi connectivity index (χ2n) is 4.93. The Morgan fingerprint density at radius 2 is 2.10 bits per heavy atom. The molecule has 1 fully saturated rings. The first-order valence-electron chi connectivity index (χ1n) is 6.48. The molecule has 1 aliphatic heterocycles. The highest BCUT2D eigenvalue weighted by Gasteiger charge is 2.29. The van der Waals surface area contributed by atoms with Gasteiger partial charge >= 0.3 is 0 Å². The van der Waals surface area contributed by atoms with E-state index in [-0.39, 0.29) is 21.9 Å². The Hall–Kier alpha value is -0.0400. The summed E-state index contributed by atoms with van der Waals surface area (Å²) in [5.74, 6) is 0.0946. The molecule has 1 aromatic rings. The van der Waals surface area contributed by atoms with Crippen molar-refractivity contribution in [2.24, 2.45) is 0 Å². The summed E-state index contributed by atoms with van der Waals surface area (Å²) in [7, 11) is -2.23. The Labute approximate surface area is 140 Å². The summed E-state index contributed by atoms with van der Waals surface area (Å²) in [6, 6.07) is 2.91. The summed E-state index contributed by atoms with van der Waals surface area (Å²) in [6.45, 7) is 0.967. The van der Waals surface area contributed by atoms with Gasteiger partial charge in [0.2, 0.25) is 10.0 Å². The van der Waals surface area contributed by atoms with Crippen molar-refractivity contribution < 1.29 is 13.2 Å². The number of likely N-dealkylation sites (N-methyl/N-ethyl adjacent to an activating group) is 1. The fourth-order valence-corrected chi connectivity index (χ4v) is 4.63. The molecule has 4 nitrogen and oxygen atoms in total. The predicted octanol–water partition coefficient (Wildman–Crippen LogP) is 3.53. The van der Waals surface area contributed by atoms with Crippen LogP contribution in [0.1, 0.15) is 18.4 Å². The SMILES string of the molecule is CN(CC1CCCO1)S(=O)(=O)c1cc(Cl)cc(CCl)c1Cl. The van der Waals surface area contributed by atoms with Crippen molar-refractivity contribution in [1.82, 2.24) is 4.31 Å². The number of rotatable bonds is 5. The standard InChI is InChI=1S/C13H16Cl3NO3S/c1-17(8-11-3-2-4-20-11)21(18,19)12-6-10(15)5-9(7-14)13(12)16/h5-6,11H,2-4,7-8H2,1H3. The van der Waals surface area contributed by atoms with Gasteiger partial charge in [-0.2, -0.15) is 4.31 Å². The Morgan fingerprint density at radius 1 is 1.38 bits per heavy atom. The number of hydrogen-bond donors (Lipinski definition) is 0. The molecule has 0 amide bonds. The molecule has 1 atom stereocenters. The molecule has 0 spiro atoms. The Bertz CT molecular complexity index is 615. The average Bonchev–Trinajstić information content (AvgIpc) is 2.93. The van der Waals surface area contributed by atoms with E-state index >= 15 is 0 Å². The van der Waals surface area contributed by atoms with Crippen LogP contribution in [0.25, 0.3) is 0 Å². The van der Waals surface area contributed by atoms with E-state index in [1.165, 1.54) is 17.4 Å². The quantitative estimate of drug-likeness (QED) is 0.743. The van der Waals surface area contributed by atoms with Crippen molar-refractivity contribution in [3.05, 3.63) is 27.7 Å². The van der Waals surface area contributed by atoms with Crippen LogP contribution in [-0.4, -0.2) is 39.0 Å². The van der Waals surface area contributed by atoms with Crippen LogP contribution in [0.3, 0.4) is 0 Å². The second-order valence-corrected chi connectivity index (χ2v) is 8.03. The number of halogens is 3. The Morgan fingerprint density at radius 3 is 2.67 bits per heavy atom. The van der Waals surface area contributed by atoms with Gasteiger partial charge < -0.3 is 4.74 Å². The number of nitrogens with zero attached hydrogens (tertiary/aromatic N) is 1. The van der Waals surface area contributed by atoms with Crippen LogP contribution in [-0.2, 0) is 20.6 Å². The summed E-state index contributed by atoms with van der Waals surface area (Å²) in [6.07, 6.45) is 1.73. The van der Waals surface area contributed by atoms with Gasteiger partial charge in [-0.05, 0) is 30.5 Å². The van der Waals surface area contributed by atoms with Crippen molar-refractivity contribution in [3.63, 3.8) is 0 Å². The summed E-state index contributed by atoms with van der Waals surface area (Å²) < 4.78 is 32.0. The van der Waals surface area contributed by atoms with E-state index < -0.39 is 10.0 Å². The third-order valence-corrected chi connectivity index (χ3v) is 6.31. The number of alkyl halides is 1. The van der Waals surface area contributed by atoms with E-state index in [1.807, 2.05) is 0 Å². The minimum atomic E-state index is -3.73. The lowest BCUT2D eigenvalue weighted by molar-refractivity contribution is 0.0979. The first-order valence-corrected chi connectivity index (χ1v) is 9.21. The van der Waals surface area contributed by atoms with Crippen molar-refractivity contribution >= 4 is 44.8 Å². The second kappa shape index (κ2) is 7.02. The molecule has 0 aliphatic carbocycles. The van der Waals surface area contributed by atoms with Gasteiger partial charge in [0.25, 0.3) is 0 Å². The molecule has 118 valence electrons. The van der Waals surface area contributed by atoms with Crippen LogP contribution >= 0.6 is 34.8 Å². The zero-order valence-electron chi connectivity index (χ0n) is 11.5. The van der Waals surface area contributed by atoms with Crippen LogP contribution in [0.15, 0.2) is 17.0 Å². The van der Waals surface area contributed by atoms with Gasteiger partial charge in [0.05, 0.1) is 11.1 Å². The first-order chi connectivity index (χ1) is 9.86. The third-order valence-electron chi connectivity index (χ3n) is 3.40. The van der Waals surface area contributed by atoms with E-state index in [2.05, 4.69) is 0 Å². The molecular formula is C13H16Cl3NO3S. The zero-order chi connectivity index (χ0) is 15.6. The van der Waals surface area contributed by atoms with Crippen molar-refractivity contribution in [1.29, 1.82) is 0 Å². The summed E-state index contributed by atoms with van der Waals surface area (Å²) in [5, 5.41) is 0.410. The van der Waals surface area contributed by atoms with Crippen LogP contribution < -0.4 is 0 Å². The van der Waals surface area contributed by atoms with E-state index in [0.717, 1.165) is 12.8 Å². The summed E-state index contributed by atoms with van der Waals surface area (Å²) in [4.78, 5) is -0.0205. The molecule has 2 rings (SSSR count). The van der Waals surface area contributed by atoms with Crippen LogP contribution in [0, 0.1) is 0 Å². The highest BCUT2D eigenvalue weighted by molar-refractivity contribution is 7.89. The first kappa shape index (κ1) is 17.3. The molecule has 1 saturated heterocycles. The molecule has 0 bridgehead atoms. The monoisotopic (exact) mass is 371 g/mol. The van der Waals surface area contributed by atoms with E-state index in [4.69, 9.17) is 39.5 Å². The van der Waals surface area contributed by atoms with E-state index in [9.17, 15) is 8.42 Å². The van der Waals surface area contributed by atoms with Gasteiger partial charge in [0.1, 0.15) is 4.90 Å². The summed E-state index contributed by atoms with van der Waals surface area (Å²) in [5.41, 5.74) is 0.495. The smallest absolute Gasteiger partial charge is 0.244 e. The minimum Gasteiger partial charge on any atom is -0.377 e. The van der Waals surface area contributed by atoms with Crippen LogP contribution in [0.2, 0.25) is 10.0 Å². The Kier molecular flexibility index (Phi) is 5.79. The van der Waals surface area contributed by atoms with E-state index in [1.54, 1.807) is 6.07 Å². The molecule has 0 radical (unpaired) electrons. The molecule has 0 aromatic heterocycles. The number of hydrogen-bond acceptors (Lipinski definition) is 3. The maximum absolute atomic E-state index is 12.6. The van der Waals surface area contributed by atoms with Crippen LogP contribution in [0.4, 0.5) is 0 Å².